The Balaban J connectivity index is 2.74. The number of nitrogens with zero attached hydrogens (tertiary/aromatic N) is 3. The van der Waals surface area contributed by atoms with E-state index in [1.165, 1.54) is 0 Å². The second kappa shape index (κ2) is 3.15. The zero-order valence-electron chi connectivity index (χ0n) is 8.23. The minimum absolute atomic E-state index is 0.152. The van der Waals surface area contributed by atoms with Crippen molar-refractivity contribution in [3.8, 4) is 6.07 Å². The Hall–Kier alpha value is -1.82. The number of benzene rings is 1. The van der Waals surface area contributed by atoms with Gasteiger partial charge < -0.3 is 0 Å². The minimum atomic E-state index is -0.152. The molecule has 0 aliphatic carbocycles. The Bertz CT molecular complexity index is 505. The predicted molar refractivity (Wildman–Crippen MR) is 54.7 cm³/mol. The number of hydrogen-bond donors (Lipinski definition) is 0. The van der Waals surface area contributed by atoms with Crippen molar-refractivity contribution in [2.75, 3.05) is 0 Å². The SMILES string of the molecule is CC(C#N)c1nn(C)c2ccccc12. The van der Waals surface area contributed by atoms with Crippen LogP contribution in [0.1, 0.15) is 18.5 Å². The Morgan fingerprint density at radius 1 is 1.43 bits per heavy atom. The molecular weight excluding hydrogens is 174 g/mol. The van der Waals surface area contributed by atoms with Crippen LogP contribution in [-0.2, 0) is 7.05 Å². The first-order valence-electron chi connectivity index (χ1n) is 4.55. The van der Waals surface area contributed by atoms with Crippen molar-refractivity contribution < 1.29 is 0 Å². The molecule has 1 unspecified atom stereocenters. The second-order valence-corrected chi connectivity index (χ2v) is 3.38. The average Bonchev–Trinajstić information content (AvgIpc) is 2.56. The van der Waals surface area contributed by atoms with Crippen LogP contribution < -0.4 is 0 Å². The van der Waals surface area contributed by atoms with E-state index in [-0.39, 0.29) is 5.92 Å². The van der Waals surface area contributed by atoms with E-state index in [0.29, 0.717) is 0 Å². The van der Waals surface area contributed by atoms with Crippen LogP contribution in [0.4, 0.5) is 0 Å². The summed E-state index contributed by atoms with van der Waals surface area (Å²) in [7, 11) is 1.90. The maximum absolute atomic E-state index is 8.86. The lowest BCUT2D eigenvalue weighted by atomic mass is 10.1. The summed E-state index contributed by atoms with van der Waals surface area (Å²) in [5.41, 5.74) is 1.94. The van der Waals surface area contributed by atoms with Crippen LogP contribution in [0, 0.1) is 11.3 Å². The van der Waals surface area contributed by atoms with Crippen LogP contribution in [0.3, 0.4) is 0 Å². The van der Waals surface area contributed by atoms with E-state index in [1.807, 2.05) is 42.9 Å². The van der Waals surface area contributed by atoms with Crippen molar-refractivity contribution in [2.45, 2.75) is 12.8 Å². The van der Waals surface area contributed by atoms with Crippen LogP contribution in [-0.4, -0.2) is 9.78 Å². The molecule has 0 bridgehead atoms. The Kier molecular flexibility index (Phi) is 1.97. The van der Waals surface area contributed by atoms with Gasteiger partial charge in [0.15, 0.2) is 0 Å². The molecule has 1 heterocycles. The molecule has 0 aliphatic heterocycles. The monoisotopic (exact) mass is 185 g/mol. The number of rotatable bonds is 1. The van der Waals surface area contributed by atoms with E-state index < -0.39 is 0 Å². The normalized spacial score (nSPS) is 12.6. The number of aryl methyl sites for hydroxylation is 1. The topological polar surface area (TPSA) is 41.6 Å². The molecule has 1 atom stereocenters. The predicted octanol–water partition coefficient (Wildman–Crippen LogP) is 2.20. The first kappa shape index (κ1) is 8.76. The molecule has 0 saturated heterocycles. The van der Waals surface area contributed by atoms with Gasteiger partial charge in [-0.3, -0.25) is 4.68 Å². The van der Waals surface area contributed by atoms with E-state index in [4.69, 9.17) is 5.26 Å². The zero-order valence-corrected chi connectivity index (χ0v) is 8.23. The molecule has 2 rings (SSSR count). The first-order valence-corrected chi connectivity index (χ1v) is 4.55. The molecule has 1 aromatic heterocycles. The van der Waals surface area contributed by atoms with Gasteiger partial charge in [-0.15, -0.1) is 0 Å². The number of hydrogen-bond acceptors (Lipinski definition) is 2. The fourth-order valence-electron chi connectivity index (χ4n) is 1.62. The second-order valence-electron chi connectivity index (χ2n) is 3.38. The first-order chi connectivity index (χ1) is 6.74. The maximum Gasteiger partial charge on any atom is 0.0881 e. The van der Waals surface area contributed by atoms with Crippen molar-refractivity contribution in [2.24, 2.45) is 7.05 Å². The van der Waals surface area contributed by atoms with Gasteiger partial charge in [0, 0.05) is 12.4 Å². The fraction of sp³-hybridized carbons (Fsp3) is 0.273. The molecule has 0 aliphatic rings. The summed E-state index contributed by atoms with van der Waals surface area (Å²) >= 11 is 0. The van der Waals surface area contributed by atoms with Gasteiger partial charge in [0.05, 0.1) is 23.2 Å². The lowest BCUT2D eigenvalue weighted by Crippen LogP contribution is -1.94. The highest BCUT2D eigenvalue weighted by molar-refractivity contribution is 5.82. The molecule has 70 valence electrons. The van der Waals surface area contributed by atoms with E-state index >= 15 is 0 Å². The van der Waals surface area contributed by atoms with Crippen LogP contribution in [0.2, 0.25) is 0 Å². The highest BCUT2D eigenvalue weighted by Crippen LogP contribution is 2.23. The molecule has 3 nitrogen and oxygen atoms in total. The van der Waals surface area contributed by atoms with Crippen LogP contribution in [0.5, 0.6) is 0 Å². The Morgan fingerprint density at radius 2 is 2.14 bits per heavy atom. The summed E-state index contributed by atoms with van der Waals surface area (Å²) in [6.07, 6.45) is 0. The van der Waals surface area contributed by atoms with Crippen LogP contribution in [0.15, 0.2) is 24.3 Å². The summed E-state index contributed by atoms with van der Waals surface area (Å²) in [4.78, 5) is 0. The van der Waals surface area contributed by atoms with Gasteiger partial charge in [0.2, 0.25) is 0 Å². The molecule has 0 fully saturated rings. The molecule has 14 heavy (non-hydrogen) atoms. The molecule has 3 heteroatoms. The summed E-state index contributed by atoms with van der Waals surface area (Å²) in [5.74, 6) is -0.152. The van der Waals surface area contributed by atoms with E-state index in [0.717, 1.165) is 16.6 Å². The van der Waals surface area contributed by atoms with Gasteiger partial charge in [-0.2, -0.15) is 10.4 Å². The highest BCUT2D eigenvalue weighted by Gasteiger charge is 2.13. The molecule has 0 N–H and O–H groups in total. The third kappa shape index (κ3) is 1.16. The zero-order chi connectivity index (χ0) is 10.1. The molecule has 0 saturated carbocycles. The summed E-state index contributed by atoms with van der Waals surface area (Å²) in [6, 6.07) is 10.2. The van der Waals surface area contributed by atoms with Crippen LogP contribution >= 0.6 is 0 Å². The standard InChI is InChI=1S/C11H11N3/c1-8(7-12)11-9-5-3-4-6-10(9)14(2)13-11/h3-6,8H,1-2H3. The van der Waals surface area contributed by atoms with Gasteiger partial charge in [0.25, 0.3) is 0 Å². The maximum atomic E-state index is 8.86. The third-order valence-electron chi connectivity index (χ3n) is 2.39. The van der Waals surface area contributed by atoms with E-state index in [1.54, 1.807) is 0 Å². The Labute approximate surface area is 82.6 Å². The van der Waals surface area contributed by atoms with E-state index in [2.05, 4.69) is 11.2 Å². The number of para-hydroxylation sites is 1. The van der Waals surface area contributed by atoms with Gasteiger partial charge in [-0.1, -0.05) is 18.2 Å². The van der Waals surface area contributed by atoms with Crippen molar-refractivity contribution in [1.29, 1.82) is 5.26 Å². The van der Waals surface area contributed by atoms with Gasteiger partial charge in [0.1, 0.15) is 0 Å². The Morgan fingerprint density at radius 3 is 2.86 bits per heavy atom. The number of aromatic nitrogens is 2. The molecule has 0 spiro atoms. The number of fused-ring (bicyclic) bond motifs is 1. The largest absolute Gasteiger partial charge is 0.268 e. The summed E-state index contributed by atoms with van der Waals surface area (Å²) in [5, 5.41) is 14.3. The van der Waals surface area contributed by atoms with Crippen molar-refractivity contribution in [1.82, 2.24) is 9.78 Å². The number of nitriles is 1. The molecular formula is C11H11N3. The summed E-state index contributed by atoms with van der Waals surface area (Å²) in [6.45, 7) is 1.87. The van der Waals surface area contributed by atoms with Crippen LogP contribution in [0.25, 0.3) is 10.9 Å². The van der Waals surface area contributed by atoms with Gasteiger partial charge >= 0.3 is 0 Å². The lowest BCUT2D eigenvalue weighted by molar-refractivity contribution is 0.754. The van der Waals surface area contributed by atoms with Crippen molar-refractivity contribution >= 4 is 10.9 Å². The molecule has 2 aromatic rings. The third-order valence-corrected chi connectivity index (χ3v) is 2.39. The fourth-order valence-corrected chi connectivity index (χ4v) is 1.62. The quantitative estimate of drug-likeness (QED) is 0.683. The molecule has 1 aromatic carbocycles. The van der Waals surface area contributed by atoms with Gasteiger partial charge in [-0.25, -0.2) is 0 Å². The minimum Gasteiger partial charge on any atom is -0.268 e. The van der Waals surface area contributed by atoms with Gasteiger partial charge in [-0.05, 0) is 13.0 Å². The van der Waals surface area contributed by atoms with E-state index in [9.17, 15) is 0 Å². The smallest absolute Gasteiger partial charge is 0.0881 e. The average molecular weight is 185 g/mol. The summed E-state index contributed by atoms with van der Waals surface area (Å²) < 4.78 is 1.82. The highest BCUT2D eigenvalue weighted by atomic mass is 15.3. The molecule has 0 radical (unpaired) electrons. The van der Waals surface area contributed by atoms with Crippen molar-refractivity contribution in [3.05, 3.63) is 30.0 Å². The lowest BCUT2D eigenvalue weighted by Gasteiger charge is -1.95. The molecule has 0 amide bonds. The van der Waals surface area contributed by atoms with Crippen molar-refractivity contribution in [3.63, 3.8) is 0 Å².